The van der Waals surface area contributed by atoms with Gasteiger partial charge in [-0.1, -0.05) is 19.3 Å². The fraction of sp³-hybridized carbons (Fsp3) is 0.786. The Morgan fingerprint density at radius 3 is 2.20 bits per heavy atom. The van der Waals surface area contributed by atoms with Crippen LogP contribution in [0.15, 0.2) is 0 Å². The molecule has 0 aromatic heterocycles. The van der Waals surface area contributed by atoms with Crippen molar-refractivity contribution in [3.8, 4) is 0 Å². The number of rotatable bonds is 6. The molecule has 0 aromatic rings. The molecule has 114 valence electrons. The Balaban J connectivity index is 2.32. The first kappa shape index (κ1) is 16.5. The minimum Gasteiger partial charge on any atom is -0.480 e. The molecule has 0 saturated heterocycles. The molecule has 1 saturated carbocycles. The normalized spacial score (nSPS) is 18.9. The lowest BCUT2D eigenvalue weighted by atomic mass is 9.87. The van der Waals surface area contributed by atoms with Crippen molar-refractivity contribution in [1.29, 1.82) is 0 Å². The highest BCUT2D eigenvalue weighted by atomic mass is 16.4. The smallest absolute Gasteiger partial charge is 0.325 e. The van der Waals surface area contributed by atoms with Crippen molar-refractivity contribution in [2.45, 2.75) is 64.5 Å². The topological polar surface area (TPSA) is 95.5 Å². The Kier molecular flexibility index (Phi) is 6.48. The van der Waals surface area contributed by atoms with Gasteiger partial charge >= 0.3 is 5.97 Å². The molecule has 1 rings (SSSR count). The number of carboxylic acid groups (broad SMARTS) is 1. The summed E-state index contributed by atoms with van der Waals surface area (Å²) in [6, 6.07) is -1.67. The van der Waals surface area contributed by atoms with E-state index in [1.165, 1.54) is 26.2 Å². The van der Waals surface area contributed by atoms with Crippen molar-refractivity contribution in [1.82, 2.24) is 10.6 Å². The third kappa shape index (κ3) is 5.59. The van der Waals surface area contributed by atoms with Gasteiger partial charge in [-0.25, -0.2) is 0 Å². The minimum atomic E-state index is -1.10. The predicted octanol–water partition coefficient (Wildman–Crippen LogP) is 1.05. The lowest BCUT2D eigenvalue weighted by Crippen LogP contribution is -2.49. The van der Waals surface area contributed by atoms with E-state index in [1.807, 2.05) is 0 Å². The van der Waals surface area contributed by atoms with E-state index in [4.69, 9.17) is 5.11 Å². The highest BCUT2D eigenvalue weighted by Crippen LogP contribution is 2.26. The monoisotopic (exact) mass is 284 g/mol. The molecular weight excluding hydrogens is 260 g/mol. The molecule has 0 heterocycles. The lowest BCUT2D eigenvalue weighted by molar-refractivity contribution is -0.141. The van der Waals surface area contributed by atoms with Gasteiger partial charge in [0.05, 0.1) is 0 Å². The first-order valence-corrected chi connectivity index (χ1v) is 7.22. The number of carboxylic acids is 1. The molecule has 20 heavy (non-hydrogen) atoms. The third-order valence-electron chi connectivity index (χ3n) is 3.70. The number of amides is 2. The molecule has 2 amide bonds. The molecule has 2 atom stereocenters. The molecule has 0 spiro atoms. The Labute approximate surface area is 119 Å². The van der Waals surface area contributed by atoms with Gasteiger partial charge in [-0.15, -0.1) is 0 Å². The zero-order valence-corrected chi connectivity index (χ0v) is 12.1. The second-order valence-electron chi connectivity index (χ2n) is 5.57. The highest BCUT2D eigenvalue weighted by Gasteiger charge is 2.22. The number of carbonyl (C=O) groups excluding carboxylic acids is 2. The summed E-state index contributed by atoms with van der Waals surface area (Å²) >= 11 is 0. The maximum absolute atomic E-state index is 11.8. The van der Waals surface area contributed by atoms with Gasteiger partial charge in [-0.05, 0) is 32.6 Å². The molecule has 0 aliphatic heterocycles. The molecule has 0 bridgehead atoms. The van der Waals surface area contributed by atoms with E-state index in [0.29, 0.717) is 12.3 Å². The van der Waals surface area contributed by atoms with Crippen LogP contribution in [-0.2, 0) is 14.4 Å². The Morgan fingerprint density at radius 2 is 1.65 bits per heavy atom. The standard InChI is InChI=1S/C14H24N2O4/c1-9(13(18)16-10(2)14(19)20)15-12(17)8-11-6-4-3-5-7-11/h9-11H,3-8H2,1-2H3,(H,15,17)(H,16,18)(H,19,20)/t9?,10-/m1/s1. The van der Waals surface area contributed by atoms with Crippen molar-refractivity contribution in [3.63, 3.8) is 0 Å². The molecule has 0 aromatic carbocycles. The molecule has 1 fully saturated rings. The van der Waals surface area contributed by atoms with Crippen molar-refractivity contribution < 1.29 is 19.5 Å². The number of carbonyl (C=O) groups is 3. The van der Waals surface area contributed by atoms with E-state index in [0.717, 1.165) is 12.8 Å². The Morgan fingerprint density at radius 1 is 1.05 bits per heavy atom. The molecule has 3 N–H and O–H groups in total. The van der Waals surface area contributed by atoms with Crippen molar-refractivity contribution in [3.05, 3.63) is 0 Å². The quantitative estimate of drug-likeness (QED) is 0.679. The zero-order valence-electron chi connectivity index (χ0n) is 12.1. The largest absolute Gasteiger partial charge is 0.480 e. The van der Waals surface area contributed by atoms with Crippen molar-refractivity contribution >= 4 is 17.8 Å². The van der Waals surface area contributed by atoms with E-state index < -0.39 is 24.0 Å². The van der Waals surface area contributed by atoms with Gasteiger partial charge in [0.2, 0.25) is 11.8 Å². The summed E-state index contributed by atoms with van der Waals surface area (Å²) < 4.78 is 0. The summed E-state index contributed by atoms with van der Waals surface area (Å²) in [7, 11) is 0. The number of nitrogens with one attached hydrogen (secondary N) is 2. The molecular formula is C14H24N2O4. The number of aliphatic carboxylic acids is 1. The first-order chi connectivity index (χ1) is 9.40. The zero-order chi connectivity index (χ0) is 15.1. The second kappa shape index (κ2) is 7.87. The van der Waals surface area contributed by atoms with E-state index >= 15 is 0 Å². The predicted molar refractivity (Wildman–Crippen MR) is 74.0 cm³/mol. The second-order valence-corrected chi connectivity index (χ2v) is 5.57. The summed E-state index contributed by atoms with van der Waals surface area (Å²) in [5.74, 6) is -1.30. The van der Waals surface area contributed by atoms with Gasteiger partial charge in [0.15, 0.2) is 0 Å². The van der Waals surface area contributed by atoms with Gasteiger partial charge in [0, 0.05) is 6.42 Å². The highest BCUT2D eigenvalue weighted by molar-refractivity contribution is 5.89. The van der Waals surface area contributed by atoms with Gasteiger partial charge in [0.25, 0.3) is 0 Å². The van der Waals surface area contributed by atoms with Crippen LogP contribution in [0.4, 0.5) is 0 Å². The summed E-state index contributed by atoms with van der Waals surface area (Å²) in [6.45, 7) is 2.94. The fourth-order valence-electron chi connectivity index (χ4n) is 2.42. The molecule has 1 aliphatic rings. The van der Waals surface area contributed by atoms with Gasteiger partial charge in [0.1, 0.15) is 12.1 Å². The fourth-order valence-corrected chi connectivity index (χ4v) is 2.42. The van der Waals surface area contributed by atoms with E-state index in [1.54, 1.807) is 6.92 Å². The van der Waals surface area contributed by atoms with Crippen molar-refractivity contribution in [2.75, 3.05) is 0 Å². The van der Waals surface area contributed by atoms with Crippen LogP contribution < -0.4 is 10.6 Å². The summed E-state index contributed by atoms with van der Waals surface area (Å²) in [5, 5.41) is 13.7. The molecule has 6 nitrogen and oxygen atoms in total. The maximum atomic E-state index is 11.8. The lowest BCUT2D eigenvalue weighted by Gasteiger charge is -2.22. The van der Waals surface area contributed by atoms with Crippen LogP contribution in [-0.4, -0.2) is 35.0 Å². The molecule has 6 heteroatoms. The van der Waals surface area contributed by atoms with E-state index in [2.05, 4.69) is 10.6 Å². The first-order valence-electron chi connectivity index (χ1n) is 7.22. The van der Waals surface area contributed by atoms with E-state index in [-0.39, 0.29) is 5.91 Å². The Hall–Kier alpha value is -1.59. The van der Waals surface area contributed by atoms with Crippen LogP contribution in [0.3, 0.4) is 0 Å². The van der Waals surface area contributed by atoms with Crippen LogP contribution >= 0.6 is 0 Å². The average molecular weight is 284 g/mol. The summed E-state index contributed by atoms with van der Waals surface area (Å²) in [4.78, 5) is 34.2. The Bertz CT molecular complexity index is 364. The van der Waals surface area contributed by atoms with Crippen LogP contribution in [0.5, 0.6) is 0 Å². The molecule has 1 aliphatic carbocycles. The molecule has 1 unspecified atom stereocenters. The van der Waals surface area contributed by atoms with Crippen LogP contribution in [0.2, 0.25) is 0 Å². The van der Waals surface area contributed by atoms with Gasteiger partial charge in [-0.2, -0.15) is 0 Å². The maximum Gasteiger partial charge on any atom is 0.325 e. The van der Waals surface area contributed by atoms with Crippen LogP contribution in [0.25, 0.3) is 0 Å². The third-order valence-corrected chi connectivity index (χ3v) is 3.70. The minimum absolute atomic E-state index is 0.137. The molecule has 0 radical (unpaired) electrons. The SMILES string of the molecule is CC(NC(=O)CC1CCCCC1)C(=O)N[C@H](C)C(=O)O. The number of hydrogen-bond donors (Lipinski definition) is 3. The summed E-state index contributed by atoms with van der Waals surface area (Å²) in [6.07, 6.45) is 6.18. The van der Waals surface area contributed by atoms with E-state index in [9.17, 15) is 14.4 Å². The van der Waals surface area contributed by atoms with Crippen LogP contribution in [0.1, 0.15) is 52.4 Å². The summed E-state index contributed by atoms with van der Waals surface area (Å²) in [5.41, 5.74) is 0. The van der Waals surface area contributed by atoms with Gasteiger partial charge in [-0.3, -0.25) is 14.4 Å². The van der Waals surface area contributed by atoms with Crippen LogP contribution in [0, 0.1) is 5.92 Å². The average Bonchev–Trinajstić information content (AvgIpc) is 2.39. The number of hydrogen-bond acceptors (Lipinski definition) is 3. The van der Waals surface area contributed by atoms with Crippen molar-refractivity contribution in [2.24, 2.45) is 5.92 Å². The van der Waals surface area contributed by atoms with Gasteiger partial charge < -0.3 is 15.7 Å².